The van der Waals surface area contributed by atoms with E-state index in [1.807, 2.05) is 6.07 Å². The summed E-state index contributed by atoms with van der Waals surface area (Å²) in [5.41, 5.74) is 0.568. The van der Waals surface area contributed by atoms with Gasteiger partial charge in [0.2, 0.25) is 15.9 Å². The maximum absolute atomic E-state index is 12.0. The van der Waals surface area contributed by atoms with Crippen LogP contribution in [0.15, 0.2) is 57.9 Å². The van der Waals surface area contributed by atoms with Gasteiger partial charge in [-0.25, -0.2) is 13.1 Å². The van der Waals surface area contributed by atoms with Crippen molar-refractivity contribution in [1.29, 1.82) is 0 Å². The first-order chi connectivity index (χ1) is 10.4. The van der Waals surface area contributed by atoms with E-state index < -0.39 is 15.9 Å². The predicted octanol–water partition coefficient (Wildman–Crippen LogP) is 3.02. The van der Waals surface area contributed by atoms with Crippen molar-refractivity contribution in [1.82, 2.24) is 4.72 Å². The van der Waals surface area contributed by atoms with E-state index >= 15 is 0 Å². The molecule has 0 saturated carbocycles. The molecule has 2 N–H and O–H groups in total. The van der Waals surface area contributed by atoms with Crippen LogP contribution < -0.4 is 10.0 Å². The molecule has 0 radical (unpaired) electrons. The van der Waals surface area contributed by atoms with Crippen molar-refractivity contribution in [3.63, 3.8) is 0 Å². The van der Waals surface area contributed by atoms with Crippen molar-refractivity contribution in [3.8, 4) is 0 Å². The van der Waals surface area contributed by atoms with E-state index in [1.165, 1.54) is 24.3 Å². The van der Waals surface area contributed by atoms with E-state index in [-0.39, 0.29) is 11.4 Å². The number of rotatable bonds is 5. The van der Waals surface area contributed by atoms with Crippen molar-refractivity contribution >= 4 is 49.1 Å². The van der Waals surface area contributed by atoms with Crippen LogP contribution in [0.2, 0.25) is 5.02 Å². The van der Waals surface area contributed by atoms with Crippen LogP contribution in [0.1, 0.15) is 0 Å². The van der Waals surface area contributed by atoms with Crippen LogP contribution in [0.3, 0.4) is 0 Å². The lowest BCUT2D eigenvalue weighted by Gasteiger charge is -2.09. The molecular formula is C14H12BrClN2O3S. The number of para-hydroxylation sites is 1. The quantitative estimate of drug-likeness (QED) is 0.806. The highest BCUT2D eigenvalue weighted by Crippen LogP contribution is 2.21. The highest BCUT2D eigenvalue weighted by atomic mass is 79.9. The standard InChI is InChI=1S/C14H12BrClN2O3S/c15-12-3-1-2-4-13(12)18-14(19)9-17-22(20,21)11-7-5-10(16)6-8-11/h1-8,17H,9H2,(H,18,19). The molecule has 0 aromatic heterocycles. The van der Waals surface area contributed by atoms with Gasteiger partial charge in [0.05, 0.1) is 17.1 Å². The van der Waals surface area contributed by atoms with Gasteiger partial charge in [0.1, 0.15) is 0 Å². The van der Waals surface area contributed by atoms with Crippen molar-refractivity contribution in [3.05, 3.63) is 58.0 Å². The van der Waals surface area contributed by atoms with Crippen LogP contribution >= 0.6 is 27.5 Å². The topological polar surface area (TPSA) is 75.3 Å². The summed E-state index contributed by atoms with van der Waals surface area (Å²) in [6.45, 7) is -0.369. The Bertz CT molecular complexity index is 779. The van der Waals surface area contributed by atoms with Gasteiger partial charge in [-0.3, -0.25) is 4.79 Å². The maximum Gasteiger partial charge on any atom is 0.241 e. The summed E-state index contributed by atoms with van der Waals surface area (Å²) in [6.07, 6.45) is 0. The third kappa shape index (κ3) is 4.54. The Hall–Kier alpha value is -1.41. The number of hydrogen-bond donors (Lipinski definition) is 2. The van der Waals surface area contributed by atoms with E-state index in [9.17, 15) is 13.2 Å². The molecular weight excluding hydrogens is 392 g/mol. The molecule has 0 heterocycles. The third-order valence-electron chi connectivity index (χ3n) is 2.69. The van der Waals surface area contributed by atoms with Crippen molar-refractivity contribution in [2.24, 2.45) is 0 Å². The van der Waals surface area contributed by atoms with E-state index in [0.717, 1.165) is 0 Å². The number of benzene rings is 2. The first-order valence-corrected chi connectivity index (χ1v) is 8.83. The average molecular weight is 404 g/mol. The van der Waals surface area contributed by atoms with Crippen LogP contribution in [0.4, 0.5) is 5.69 Å². The summed E-state index contributed by atoms with van der Waals surface area (Å²) in [5, 5.41) is 3.05. The van der Waals surface area contributed by atoms with Gasteiger partial charge in [-0.1, -0.05) is 23.7 Å². The number of carbonyl (C=O) groups is 1. The van der Waals surface area contributed by atoms with Crippen molar-refractivity contribution in [2.45, 2.75) is 4.90 Å². The van der Waals surface area contributed by atoms with Gasteiger partial charge < -0.3 is 5.32 Å². The molecule has 2 rings (SSSR count). The minimum Gasteiger partial charge on any atom is -0.324 e. The molecule has 116 valence electrons. The Morgan fingerprint density at radius 3 is 2.36 bits per heavy atom. The van der Waals surface area contributed by atoms with Gasteiger partial charge in [0, 0.05) is 9.50 Å². The summed E-state index contributed by atoms with van der Waals surface area (Å²) in [7, 11) is -3.76. The first kappa shape index (κ1) is 17.0. The molecule has 0 bridgehead atoms. The molecule has 1 amide bonds. The smallest absolute Gasteiger partial charge is 0.241 e. The summed E-state index contributed by atoms with van der Waals surface area (Å²) in [4.78, 5) is 11.9. The largest absolute Gasteiger partial charge is 0.324 e. The van der Waals surface area contributed by atoms with Crippen molar-refractivity contribution < 1.29 is 13.2 Å². The maximum atomic E-state index is 12.0. The van der Waals surface area contributed by atoms with Crippen molar-refractivity contribution in [2.75, 3.05) is 11.9 Å². The van der Waals surface area contributed by atoms with Gasteiger partial charge in [0.25, 0.3) is 0 Å². The van der Waals surface area contributed by atoms with Gasteiger partial charge in [-0.2, -0.15) is 0 Å². The summed E-state index contributed by atoms with van der Waals surface area (Å²) in [5.74, 6) is -0.468. The van der Waals surface area contributed by atoms with E-state index in [4.69, 9.17) is 11.6 Å². The molecule has 0 aliphatic carbocycles. The van der Waals surface area contributed by atoms with E-state index in [0.29, 0.717) is 15.2 Å². The van der Waals surface area contributed by atoms with Crippen LogP contribution in [-0.4, -0.2) is 20.9 Å². The van der Waals surface area contributed by atoms with E-state index in [2.05, 4.69) is 26.0 Å². The van der Waals surface area contributed by atoms with E-state index in [1.54, 1.807) is 18.2 Å². The van der Waals surface area contributed by atoms with Gasteiger partial charge >= 0.3 is 0 Å². The van der Waals surface area contributed by atoms with Crippen LogP contribution in [0.25, 0.3) is 0 Å². The molecule has 2 aromatic rings. The molecule has 5 nitrogen and oxygen atoms in total. The van der Waals surface area contributed by atoms with Gasteiger partial charge in [-0.15, -0.1) is 0 Å². The minimum atomic E-state index is -3.76. The zero-order valence-electron chi connectivity index (χ0n) is 11.2. The lowest BCUT2D eigenvalue weighted by atomic mass is 10.3. The molecule has 0 unspecified atom stereocenters. The lowest BCUT2D eigenvalue weighted by molar-refractivity contribution is -0.115. The molecule has 0 aliphatic rings. The second-order valence-electron chi connectivity index (χ2n) is 4.31. The fourth-order valence-corrected chi connectivity index (χ4v) is 3.11. The first-order valence-electron chi connectivity index (χ1n) is 6.18. The molecule has 8 heteroatoms. The Labute approximate surface area is 141 Å². The number of nitrogens with one attached hydrogen (secondary N) is 2. The molecule has 0 atom stereocenters. The second-order valence-corrected chi connectivity index (χ2v) is 7.36. The zero-order chi connectivity index (χ0) is 16.2. The number of anilines is 1. The summed E-state index contributed by atoms with van der Waals surface area (Å²) in [6, 6.07) is 12.7. The van der Waals surface area contributed by atoms with Gasteiger partial charge in [-0.05, 0) is 52.3 Å². The number of hydrogen-bond acceptors (Lipinski definition) is 3. The summed E-state index contributed by atoms with van der Waals surface area (Å²) < 4.78 is 27.0. The Morgan fingerprint density at radius 1 is 1.09 bits per heavy atom. The highest BCUT2D eigenvalue weighted by molar-refractivity contribution is 9.10. The predicted molar refractivity (Wildman–Crippen MR) is 89.4 cm³/mol. The SMILES string of the molecule is O=C(CNS(=O)(=O)c1ccc(Cl)cc1)Nc1ccccc1Br. The minimum absolute atomic E-state index is 0.0468. The normalized spacial score (nSPS) is 11.2. The molecule has 0 saturated heterocycles. The average Bonchev–Trinajstić information content (AvgIpc) is 2.48. The fourth-order valence-electron chi connectivity index (χ4n) is 1.61. The fraction of sp³-hybridized carbons (Fsp3) is 0.0714. The number of halogens is 2. The molecule has 0 fully saturated rings. The number of sulfonamides is 1. The van der Waals surface area contributed by atoms with Gasteiger partial charge in [0.15, 0.2) is 0 Å². The number of carbonyl (C=O) groups excluding carboxylic acids is 1. The second kappa shape index (κ2) is 7.23. The Morgan fingerprint density at radius 2 is 1.73 bits per heavy atom. The lowest BCUT2D eigenvalue weighted by Crippen LogP contribution is -2.32. The third-order valence-corrected chi connectivity index (χ3v) is 5.06. The van der Waals surface area contributed by atoms with Crippen LogP contribution in [-0.2, 0) is 14.8 Å². The summed E-state index contributed by atoms with van der Waals surface area (Å²) >= 11 is 9.00. The van der Waals surface area contributed by atoms with Crippen LogP contribution in [0.5, 0.6) is 0 Å². The molecule has 0 aliphatic heterocycles. The zero-order valence-corrected chi connectivity index (χ0v) is 14.4. The van der Waals surface area contributed by atoms with Crippen LogP contribution in [0, 0.1) is 0 Å². The molecule has 0 spiro atoms. The monoisotopic (exact) mass is 402 g/mol. The molecule has 2 aromatic carbocycles. The highest BCUT2D eigenvalue weighted by Gasteiger charge is 2.15. The molecule has 22 heavy (non-hydrogen) atoms. The Kier molecular flexibility index (Phi) is 5.57. The Balaban J connectivity index is 1.98. The number of amides is 1.